The zero-order valence-electron chi connectivity index (χ0n) is 22.7. The molecule has 200 valence electrons. The standard InChI is InChI=1S/C24H32N8O3.C2H6/c1-15-12-32(23(33)35-24(2,3)4)14-20(15)28-22-11-25-10-21(29-22)27-18-7-6-16(8-19(18)30-34)17-9-26-31(5)13-17;1-2/h6-11,13,15,20,30,34H,12,14H2,1-5H3,(H2,27,28,29);1-2H3/p+1. The van der Waals surface area contributed by atoms with Crippen molar-refractivity contribution in [2.45, 2.75) is 53.2 Å². The minimum Gasteiger partial charge on any atom is -0.444 e. The first-order valence-corrected chi connectivity index (χ1v) is 12.6. The zero-order chi connectivity index (χ0) is 27.2. The van der Waals surface area contributed by atoms with E-state index in [1.165, 1.54) is 0 Å². The molecule has 0 radical (unpaired) electrons. The van der Waals surface area contributed by atoms with Crippen molar-refractivity contribution < 1.29 is 20.2 Å². The number of benzene rings is 1. The van der Waals surface area contributed by atoms with Crippen LogP contribution in [0.3, 0.4) is 0 Å². The molecule has 4 rings (SSSR count). The number of anilines is 3. The van der Waals surface area contributed by atoms with Crippen molar-refractivity contribution in [1.82, 2.24) is 24.6 Å². The highest BCUT2D eigenvalue weighted by atomic mass is 16.6. The number of quaternary nitrogens is 1. The molecule has 1 saturated heterocycles. The van der Waals surface area contributed by atoms with E-state index in [9.17, 15) is 10.0 Å². The number of amides is 1. The normalized spacial score (nSPS) is 17.1. The SMILES string of the molecule is CC.CC1CN(C(=O)OC(C)(C)C)CC1Nc1cncc(Nc2ccc(-c3cnn(C)c3)cc2[NH2+]O)n1. The number of rotatable bonds is 6. The summed E-state index contributed by atoms with van der Waals surface area (Å²) < 4.78 is 7.24. The van der Waals surface area contributed by atoms with E-state index in [1.807, 2.05) is 66.1 Å². The van der Waals surface area contributed by atoms with E-state index >= 15 is 0 Å². The molecule has 37 heavy (non-hydrogen) atoms. The number of ether oxygens (including phenoxy) is 1. The second-order valence-corrected chi connectivity index (χ2v) is 9.86. The fourth-order valence-corrected chi connectivity index (χ4v) is 3.99. The molecule has 0 aliphatic carbocycles. The summed E-state index contributed by atoms with van der Waals surface area (Å²) >= 11 is 0. The molecule has 1 aliphatic heterocycles. The number of hydrogen-bond donors (Lipinski definition) is 4. The summed E-state index contributed by atoms with van der Waals surface area (Å²) in [4.78, 5) is 23.1. The van der Waals surface area contributed by atoms with Crippen LogP contribution in [0.2, 0.25) is 0 Å². The van der Waals surface area contributed by atoms with E-state index in [0.29, 0.717) is 36.1 Å². The molecule has 1 aliphatic rings. The van der Waals surface area contributed by atoms with Crippen molar-refractivity contribution in [2.75, 3.05) is 23.7 Å². The van der Waals surface area contributed by atoms with E-state index in [0.717, 1.165) is 16.6 Å². The van der Waals surface area contributed by atoms with Gasteiger partial charge in [0.2, 0.25) is 0 Å². The van der Waals surface area contributed by atoms with Gasteiger partial charge in [-0.3, -0.25) is 9.67 Å². The molecule has 1 amide bonds. The Bertz CT molecular complexity index is 1190. The van der Waals surface area contributed by atoms with E-state index in [2.05, 4.69) is 32.6 Å². The molecule has 1 fully saturated rings. The Morgan fingerprint density at radius 1 is 1.14 bits per heavy atom. The van der Waals surface area contributed by atoms with Crippen LogP contribution in [0, 0.1) is 5.92 Å². The van der Waals surface area contributed by atoms with Crippen molar-refractivity contribution in [3.63, 3.8) is 0 Å². The number of likely N-dealkylation sites (tertiary alicyclic amines) is 1. The van der Waals surface area contributed by atoms with Crippen LogP contribution < -0.4 is 16.1 Å². The molecule has 3 aromatic rings. The largest absolute Gasteiger partial charge is 0.444 e. The third-order valence-electron chi connectivity index (χ3n) is 5.72. The number of aromatic nitrogens is 4. The van der Waals surface area contributed by atoms with Gasteiger partial charge in [0.1, 0.15) is 17.1 Å². The Labute approximate surface area is 218 Å². The first-order chi connectivity index (χ1) is 17.6. The van der Waals surface area contributed by atoms with Gasteiger partial charge in [0.15, 0.2) is 11.5 Å². The maximum Gasteiger partial charge on any atom is 0.410 e. The summed E-state index contributed by atoms with van der Waals surface area (Å²) in [6.07, 6.45) is 6.65. The van der Waals surface area contributed by atoms with Gasteiger partial charge in [-0.25, -0.2) is 15.0 Å². The Hall–Kier alpha value is -3.70. The van der Waals surface area contributed by atoms with Crippen molar-refractivity contribution in [1.29, 1.82) is 0 Å². The minimum atomic E-state index is -0.529. The summed E-state index contributed by atoms with van der Waals surface area (Å²) in [7, 11) is 1.86. The van der Waals surface area contributed by atoms with Crippen LogP contribution >= 0.6 is 0 Å². The quantitative estimate of drug-likeness (QED) is 0.289. The van der Waals surface area contributed by atoms with Gasteiger partial charge in [-0.05, 0) is 38.3 Å². The topological polar surface area (TPSA) is 134 Å². The van der Waals surface area contributed by atoms with Gasteiger partial charge in [-0.1, -0.05) is 26.8 Å². The Balaban J connectivity index is 0.00000186. The second-order valence-electron chi connectivity index (χ2n) is 9.86. The highest BCUT2D eigenvalue weighted by Crippen LogP contribution is 2.28. The van der Waals surface area contributed by atoms with Crippen molar-refractivity contribution in [3.8, 4) is 11.1 Å². The molecule has 5 N–H and O–H groups in total. The molecule has 2 unspecified atom stereocenters. The van der Waals surface area contributed by atoms with E-state index in [-0.39, 0.29) is 18.1 Å². The van der Waals surface area contributed by atoms with Crippen molar-refractivity contribution in [2.24, 2.45) is 13.0 Å². The summed E-state index contributed by atoms with van der Waals surface area (Å²) in [5, 5.41) is 20.6. The molecule has 1 aromatic carbocycles. The third-order valence-corrected chi connectivity index (χ3v) is 5.72. The molecule has 0 bridgehead atoms. The van der Waals surface area contributed by atoms with Gasteiger partial charge < -0.3 is 20.3 Å². The smallest absolute Gasteiger partial charge is 0.410 e. The highest BCUT2D eigenvalue weighted by Gasteiger charge is 2.35. The van der Waals surface area contributed by atoms with Crippen LogP contribution in [-0.4, -0.2) is 60.7 Å². The van der Waals surface area contributed by atoms with Crippen LogP contribution in [0.15, 0.2) is 43.0 Å². The Kier molecular flexibility index (Phi) is 9.06. The maximum absolute atomic E-state index is 12.4. The molecular weight excluding hydrogens is 472 g/mol. The number of carbonyl (C=O) groups excluding carboxylic acids is 1. The average molecular weight is 512 g/mol. The molecule has 0 saturated carbocycles. The fourth-order valence-electron chi connectivity index (χ4n) is 3.99. The molecule has 3 heterocycles. The number of hydrogen-bond acceptors (Lipinski definition) is 8. The molecular formula is C26H39N8O3+. The lowest BCUT2D eigenvalue weighted by Crippen LogP contribution is -2.73. The first kappa shape index (κ1) is 27.9. The summed E-state index contributed by atoms with van der Waals surface area (Å²) in [5.41, 5.74) is 3.73. The number of aryl methyl sites for hydroxylation is 1. The van der Waals surface area contributed by atoms with E-state index < -0.39 is 5.60 Å². The lowest BCUT2D eigenvalue weighted by Gasteiger charge is -2.24. The van der Waals surface area contributed by atoms with Gasteiger partial charge in [-0.2, -0.15) is 10.6 Å². The van der Waals surface area contributed by atoms with Crippen LogP contribution in [0.25, 0.3) is 11.1 Å². The molecule has 0 spiro atoms. The number of nitrogens with zero attached hydrogens (tertiary/aromatic N) is 5. The fraction of sp³-hybridized carbons (Fsp3) is 0.462. The van der Waals surface area contributed by atoms with Gasteiger partial charge in [0, 0.05) is 44.0 Å². The van der Waals surface area contributed by atoms with Crippen LogP contribution in [0.1, 0.15) is 41.5 Å². The van der Waals surface area contributed by atoms with E-state index in [1.54, 1.807) is 28.2 Å². The predicted octanol–water partition coefficient (Wildman–Crippen LogP) is 3.90. The maximum atomic E-state index is 12.4. The summed E-state index contributed by atoms with van der Waals surface area (Å²) in [6.45, 7) is 12.8. The van der Waals surface area contributed by atoms with Crippen LogP contribution in [0.5, 0.6) is 0 Å². The average Bonchev–Trinajstić information content (AvgIpc) is 3.45. The van der Waals surface area contributed by atoms with Gasteiger partial charge in [-0.15, -0.1) is 0 Å². The molecule has 11 heteroatoms. The van der Waals surface area contributed by atoms with E-state index in [4.69, 9.17) is 4.74 Å². The first-order valence-electron chi connectivity index (χ1n) is 12.6. The Morgan fingerprint density at radius 2 is 1.86 bits per heavy atom. The summed E-state index contributed by atoms with van der Waals surface area (Å²) in [5.74, 6) is 1.35. The van der Waals surface area contributed by atoms with Crippen LogP contribution in [-0.2, 0) is 11.8 Å². The zero-order valence-corrected chi connectivity index (χ0v) is 22.7. The van der Waals surface area contributed by atoms with Gasteiger partial charge in [0.05, 0.1) is 18.6 Å². The minimum absolute atomic E-state index is 0.0205. The van der Waals surface area contributed by atoms with Crippen LogP contribution in [0.4, 0.5) is 27.8 Å². The molecule has 11 nitrogen and oxygen atoms in total. The number of nitrogens with one attached hydrogen (secondary N) is 2. The second kappa shape index (κ2) is 12.0. The lowest BCUT2D eigenvalue weighted by atomic mass is 10.1. The summed E-state index contributed by atoms with van der Waals surface area (Å²) in [6, 6.07) is 5.73. The monoisotopic (exact) mass is 511 g/mol. The number of carbonyl (C=O) groups is 1. The predicted molar refractivity (Wildman–Crippen MR) is 143 cm³/mol. The van der Waals surface area contributed by atoms with Gasteiger partial charge >= 0.3 is 6.09 Å². The number of nitrogens with two attached hydrogens (primary N) is 1. The third kappa shape index (κ3) is 7.40. The van der Waals surface area contributed by atoms with Gasteiger partial charge in [0.25, 0.3) is 0 Å². The van der Waals surface area contributed by atoms with Crippen molar-refractivity contribution in [3.05, 3.63) is 43.0 Å². The Morgan fingerprint density at radius 3 is 2.51 bits per heavy atom. The molecule has 2 aromatic heterocycles. The highest BCUT2D eigenvalue weighted by molar-refractivity contribution is 5.75. The lowest BCUT2D eigenvalue weighted by molar-refractivity contribution is -0.825. The van der Waals surface area contributed by atoms with Crippen molar-refractivity contribution >= 4 is 29.1 Å². The molecule has 2 atom stereocenters.